The number of ether oxygens (including phenoxy) is 1. The van der Waals surface area contributed by atoms with Crippen LogP contribution in [0.5, 0.6) is 0 Å². The summed E-state index contributed by atoms with van der Waals surface area (Å²) >= 11 is 0. The molecule has 1 fully saturated rings. The molecule has 5 heteroatoms. The van der Waals surface area contributed by atoms with E-state index in [-0.39, 0.29) is 30.3 Å². The van der Waals surface area contributed by atoms with Gasteiger partial charge in [-0.25, -0.2) is 9.18 Å². The first kappa shape index (κ1) is 19.4. The highest BCUT2D eigenvalue weighted by Crippen LogP contribution is 2.19. The highest BCUT2D eigenvalue weighted by Gasteiger charge is 2.23. The largest absolute Gasteiger partial charge is 0.459 e. The Hall–Kier alpha value is -1.91. The number of carbonyl (C=O) groups is 1. The van der Waals surface area contributed by atoms with Crippen molar-refractivity contribution in [2.45, 2.75) is 32.4 Å². The summed E-state index contributed by atoms with van der Waals surface area (Å²) in [7, 11) is 0. The molecule has 0 amide bonds. The van der Waals surface area contributed by atoms with Crippen molar-refractivity contribution in [2.24, 2.45) is 0 Å². The van der Waals surface area contributed by atoms with Crippen molar-refractivity contribution >= 4 is 18.4 Å². The van der Waals surface area contributed by atoms with E-state index in [1.54, 1.807) is 18.2 Å². The first-order valence-corrected chi connectivity index (χ1v) is 8.35. The lowest BCUT2D eigenvalue weighted by Gasteiger charge is -2.31. The summed E-state index contributed by atoms with van der Waals surface area (Å²) in [5.74, 6) is -0.423. The lowest BCUT2D eigenvalue weighted by molar-refractivity contribution is 0.0103. The lowest BCUT2D eigenvalue weighted by atomic mass is 10.1. The van der Waals surface area contributed by atoms with Gasteiger partial charge in [-0.3, -0.25) is 4.90 Å². The summed E-state index contributed by atoms with van der Waals surface area (Å²) in [5.41, 5.74) is 2.43. The summed E-state index contributed by atoms with van der Waals surface area (Å²) in [6.07, 6.45) is 1.51. The van der Waals surface area contributed by atoms with Gasteiger partial charge in [-0.05, 0) is 38.0 Å². The van der Waals surface area contributed by atoms with Crippen LogP contribution in [0.3, 0.4) is 0 Å². The molecule has 3 nitrogen and oxygen atoms in total. The molecule has 0 unspecified atom stereocenters. The van der Waals surface area contributed by atoms with Gasteiger partial charge in [0.05, 0.1) is 5.56 Å². The average molecular weight is 364 g/mol. The second kappa shape index (κ2) is 8.97. The summed E-state index contributed by atoms with van der Waals surface area (Å²) in [6.45, 7) is 4.20. The number of hydrogen-bond acceptors (Lipinski definition) is 3. The first-order valence-electron chi connectivity index (χ1n) is 8.35. The van der Waals surface area contributed by atoms with Gasteiger partial charge >= 0.3 is 5.97 Å². The summed E-state index contributed by atoms with van der Waals surface area (Å²) in [6, 6.07) is 14.3. The number of rotatable bonds is 4. The van der Waals surface area contributed by atoms with Gasteiger partial charge in [0.15, 0.2) is 0 Å². The van der Waals surface area contributed by atoms with Crippen LogP contribution >= 0.6 is 12.4 Å². The third-order valence-electron chi connectivity index (χ3n) is 4.45. The zero-order chi connectivity index (χ0) is 16.9. The molecule has 1 saturated heterocycles. The molecule has 1 heterocycles. The zero-order valence-electron chi connectivity index (χ0n) is 14.3. The van der Waals surface area contributed by atoms with Crippen LogP contribution in [0.2, 0.25) is 0 Å². The standard InChI is InChI=1S/C20H22FNO2.ClH/c1-15-6-8-16(9-7-15)20(23)24-18-10-12-22(13-11-18)14-17-4-2-3-5-19(17)21;/h2-9,18H,10-14H2,1H3;1H. The Bertz CT molecular complexity index is 697. The third kappa shape index (κ3) is 5.28. The van der Waals surface area contributed by atoms with E-state index >= 15 is 0 Å². The fraction of sp³-hybridized carbons (Fsp3) is 0.350. The van der Waals surface area contributed by atoms with Crippen LogP contribution in [0.4, 0.5) is 4.39 Å². The van der Waals surface area contributed by atoms with E-state index in [4.69, 9.17) is 4.74 Å². The van der Waals surface area contributed by atoms with Gasteiger partial charge in [-0.2, -0.15) is 0 Å². The minimum absolute atomic E-state index is 0. The minimum atomic E-state index is -0.262. The van der Waals surface area contributed by atoms with Crippen molar-refractivity contribution in [1.29, 1.82) is 0 Å². The Morgan fingerprint density at radius 1 is 1.12 bits per heavy atom. The quantitative estimate of drug-likeness (QED) is 0.755. The third-order valence-corrected chi connectivity index (χ3v) is 4.45. The second-order valence-electron chi connectivity index (χ2n) is 6.34. The van der Waals surface area contributed by atoms with Crippen LogP contribution in [-0.4, -0.2) is 30.1 Å². The average Bonchev–Trinajstić information content (AvgIpc) is 2.59. The van der Waals surface area contributed by atoms with Gasteiger partial charge < -0.3 is 4.74 Å². The molecular formula is C20H23ClFNO2. The van der Waals surface area contributed by atoms with E-state index in [0.29, 0.717) is 17.7 Å². The van der Waals surface area contributed by atoms with Gasteiger partial charge in [-0.15, -0.1) is 12.4 Å². The Labute approximate surface area is 154 Å². The van der Waals surface area contributed by atoms with Gasteiger partial charge in [-0.1, -0.05) is 35.9 Å². The SMILES string of the molecule is Cc1ccc(C(=O)OC2CCN(Cc3ccccc3F)CC2)cc1.Cl. The summed E-state index contributed by atoms with van der Waals surface area (Å²) < 4.78 is 19.3. The second-order valence-corrected chi connectivity index (χ2v) is 6.34. The molecular weight excluding hydrogens is 341 g/mol. The van der Waals surface area contributed by atoms with Crippen LogP contribution in [0.25, 0.3) is 0 Å². The van der Waals surface area contributed by atoms with Crippen molar-refractivity contribution in [3.8, 4) is 0 Å². The zero-order valence-corrected chi connectivity index (χ0v) is 15.1. The molecule has 2 aromatic rings. The molecule has 1 aliphatic heterocycles. The van der Waals surface area contributed by atoms with E-state index in [9.17, 15) is 9.18 Å². The number of aryl methyl sites for hydroxylation is 1. The number of esters is 1. The Kier molecular flexibility index (Phi) is 6.97. The number of carbonyl (C=O) groups excluding carboxylic acids is 1. The number of benzene rings is 2. The molecule has 3 rings (SSSR count). The smallest absolute Gasteiger partial charge is 0.338 e. The monoisotopic (exact) mass is 363 g/mol. The van der Waals surface area contributed by atoms with Crippen molar-refractivity contribution in [3.05, 3.63) is 71.0 Å². The maximum atomic E-state index is 13.7. The lowest BCUT2D eigenvalue weighted by Crippen LogP contribution is -2.37. The van der Waals surface area contributed by atoms with Gasteiger partial charge in [0.25, 0.3) is 0 Å². The number of hydrogen-bond donors (Lipinski definition) is 0. The molecule has 0 N–H and O–H groups in total. The number of likely N-dealkylation sites (tertiary alicyclic amines) is 1. The fourth-order valence-electron chi connectivity index (χ4n) is 2.96. The fourth-order valence-corrected chi connectivity index (χ4v) is 2.96. The van der Waals surface area contributed by atoms with Crippen LogP contribution in [0.1, 0.15) is 34.3 Å². The Morgan fingerprint density at radius 2 is 1.76 bits per heavy atom. The molecule has 0 atom stereocenters. The first-order chi connectivity index (χ1) is 11.6. The normalized spacial score (nSPS) is 15.4. The molecule has 2 aromatic carbocycles. The van der Waals surface area contributed by atoms with Crippen LogP contribution in [0, 0.1) is 12.7 Å². The molecule has 0 aromatic heterocycles. The van der Waals surface area contributed by atoms with E-state index in [0.717, 1.165) is 31.5 Å². The minimum Gasteiger partial charge on any atom is -0.459 e. The van der Waals surface area contributed by atoms with E-state index in [1.165, 1.54) is 6.07 Å². The number of nitrogens with zero attached hydrogens (tertiary/aromatic N) is 1. The highest BCUT2D eigenvalue weighted by molar-refractivity contribution is 5.89. The molecule has 0 spiro atoms. The molecule has 0 radical (unpaired) electrons. The molecule has 0 aliphatic carbocycles. The summed E-state index contributed by atoms with van der Waals surface area (Å²) in [5, 5.41) is 0. The molecule has 25 heavy (non-hydrogen) atoms. The Morgan fingerprint density at radius 3 is 2.40 bits per heavy atom. The predicted octanol–water partition coefficient (Wildman–Crippen LogP) is 4.38. The van der Waals surface area contributed by atoms with Crippen molar-refractivity contribution in [3.63, 3.8) is 0 Å². The highest BCUT2D eigenvalue weighted by atomic mass is 35.5. The van der Waals surface area contributed by atoms with Crippen molar-refractivity contribution in [1.82, 2.24) is 4.90 Å². The molecule has 1 aliphatic rings. The Balaban J connectivity index is 0.00000225. The number of piperidine rings is 1. The van der Waals surface area contributed by atoms with Crippen molar-refractivity contribution < 1.29 is 13.9 Å². The predicted molar refractivity (Wildman–Crippen MR) is 98.5 cm³/mol. The molecule has 134 valence electrons. The van der Waals surface area contributed by atoms with Gasteiger partial charge in [0, 0.05) is 25.2 Å². The summed E-state index contributed by atoms with van der Waals surface area (Å²) in [4.78, 5) is 14.4. The number of halogens is 2. The van der Waals surface area contributed by atoms with E-state index < -0.39 is 0 Å². The maximum absolute atomic E-state index is 13.7. The van der Waals surface area contributed by atoms with E-state index in [1.807, 2.05) is 31.2 Å². The van der Waals surface area contributed by atoms with Crippen LogP contribution in [-0.2, 0) is 11.3 Å². The van der Waals surface area contributed by atoms with E-state index in [2.05, 4.69) is 4.90 Å². The van der Waals surface area contributed by atoms with Gasteiger partial charge in [0.1, 0.15) is 11.9 Å². The van der Waals surface area contributed by atoms with Gasteiger partial charge in [0.2, 0.25) is 0 Å². The van der Waals surface area contributed by atoms with Crippen molar-refractivity contribution in [2.75, 3.05) is 13.1 Å². The molecule has 0 saturated carbocycles. The topological polar surface area (TPSA) is 29.5 Å². The maximum Gasteiger partial charge on any atom is 0.338 e. The molecule has 0 bridgehead atoms. The van der Waals surface area contributed by atoms with Crippen LogP contribution in [0.15, 0.2) is 48.5 Å². The van der Waals surface area contributed by atoms with Crippen LogP contribution < -0.4 is 0 Å².